The third-order valence-corrected chi connectivity index (χ3v) is 2.42. The van der Waals surface area contributed by atoms with Crippen LogP contribution in [0.5, 0.6) is 0 Å². The summed E-state index contributed by atoms with van der Waals surface area (Å²) in [5, 5.41) is 0. The van der Waals surface area contributed by atoms with Crippen LogP contribution in [0.3, 0.4) is 0 Å². The molecule has 0 aromatic rings. The zero-order chi connectivity index (χ0) is 5.98. The van der Waals surface area contributed by atoms with Crippen molar-refractivity contribution in [3.05, 3.63) is 0 Å². The molecule has 1 unspecified atom stereocenters. The van der Waals surface area contributed by atoms with Gasteiger partial charge in [0.2, 0.25) is 0 Å². The SMILES string of the molecule is C[C@H]1CCOP(Cl)O1. The molecule has 2 nitrogen and oxygen atoms in total. The Labute approximate surface area is 54.8 Å². The highest BCUT2D eigenvalue weighted by atomic mass is 35.7. The maximum atomic E-state index is 5.53. The molecule has 1 fully saturated rings. The zero-order valence-corrected chi connectivity index (χ0v) is 6.28. The van der Waals surface area contributed by atoms with Crippen LogP contribution in [0.2, 0.25) is 0 Å². The van der Waals surface area contributed by atoms with Crippen molar-refractivity contribution in [3.63, 3.8) is 0 Å². The topological polar surface area (TPSA) is 18.5 Å². The van der Waals surface area contributed by atoms with Gasteiger partial charge in [0.1, 0.15) is 0 Å². The molecule has 1 heterocycles. The lowest BCUT2D eigenvalue weighted by Gasteiger charge is -2.21. The van der Waals surface area contributed by atoms with E-state index in [0.29, 0.717) is 0 Å². The minimum atomic E-state index is -1.06. The van der Waals surface area contributed by atoms with Gasteiger partial charge in [0.05, 0.1) is 12.7 Å². The molecule has 1 saturated heterocycles. The van der Waals surface area contributed by atoms with Gasteiger partial charge in [0, 0.05) is 0 Å². The van der Waals surface area contributed by atoms with Crippen molar-refractivity contribution in [1.29, 1.82) is 0 Å². The third kappa shape index (κ3) is 1.87. The van der Waals surface area contributed by atoms with Crippen LogP contribution in [-0.4, -0.2) is 12.7 Å². The first-order chi connectivity index (χ1) is 3.79. The van der Waals surface area contributed by atoms with Crippen molar-refractivity contribution in [3.8, 4) is 0 Å². The molecule has 8 heavy (non-hydrogen) atoms. The molecule has 0 aromatic carbocycles. The van der Waals surface area contributed by atoms with E-state index in [9.17, 15) is 0 Å². The Morgan fingerprint density at radius 2 is 2.50 bits per heavy atom. The Morgan fingerprint density at radius 1 is 1.75 bits per heavy atom. The Balaban J connectivity index is 2.23. The molecule has 0 aromatic heterocycles. The second-order valence-corrected chi connectivity index (χ2v) is 3.47. The highest BCUT2D eigenvalue weighted by molar-refractivity contribution is 7.76. The van der Waals surface area contributed by atoms with Gasteiger partial charge in [-0.3, -0.25) is 0 Å². The van der Waals surface area contributed by atoms with Gasteiger partial charge in [-0.05, 0) is 24.6 Å². The van der Waals surface area contributed by atoms with E-state index in [2.05, 4.69) is 0 Å². The molecule has 48 valence electrons. The second kappa shape index (κ2) is 2.98. The Kier molecular flexibility index (Phi) is 2.51. The Hall–Kier alpha value is 0.640. The lowest BCUT2D eigenvalue weighted by Crippen LogP contribution is -2.12. The van der Waals surface area contributed by atoms with Gasteiger partial charge in [-0.15, -0.1) is 0 Å². The third-order valence-electron chi connectivity index (χ3n) is 0.980. The van der Waals surface area contributed by atoms with Crippen LogP contribution in [0.4, 0.5) is 0 Å². The summed E-state index contributed by atoms with van der Waals surface area (Å²) in [5.41, 5.74) is 0. The lowest BCUT2D eigenvalue weighted by molar-refractivity contribution is 0.129. The highest BCUT2D eigenvalue weighted by Gasteiger charge is 2.17. The van der Waals surface area contributed by atoms with E-state index in [4.69, 9.17) is 20.3 Å². The first-order valence-electron chi connectivity index (χ1n) is 2.54. The fraction of sp³-hybridized carbons (Fsp3) is 1.00. The fourth-order valence-electron chi connectivity index (χ4n) is 0.515. The summed E-state index contributed by atoms with van der Waals surface area (Å²) in [4.78, 5) is 0. The van der Waals surface area contributed by atoms with E-state index in [0.717, 1.165) is 13.0 Å². The minimum absolute atomic E-state index is 0.285. The summed E-state index contributed by atoms with van der Waals surface area (Å²) in [6.07, 6.45) is 1.25. The van der Waals surface area contributed by atoms with E-state index in [1.807, 2.05) is 6.92 Å². The largest absolute Gasteiger partial charge is 0.322 e. The normalized spacial score (nSPS) is 39.8. The van der Waals surface area contributed by atoms with Crippen molar-refractivity contribution in [2.45, 2.75) is 19.4 Å². The van der Waals surface area contributed by atoms with Gasteiger partial charge in [-0.1, -0.05) is 0 Å². The first kappa shape index (κ1) is 6.76. The molecular formula is C4H8ClO2P. The fourth-order valence-corrected chi connectivity index (χ4v) is 1.83. The van der Waals surface area contributed by atoms with E-state index in [1.165, 1.54) is 0 Å². The van der Waals surface area contributed by atoms with Gasteiger partial charge in [0.15, 0.2) is 0 Å². The molecule has 2 atom stereocenters. The van der Waals surface area contributed by atoms with Crippen LogP contribution in [0, 0.1) is 0 Å². The van der Waals surface area contributed by atoms with Gasteiger partial charge < -0.3 is 9.05 Å². The number of rotatable bonds is 0. The highest BCUT2D eigenvalue weighted by Crippen LogP contribution is 2.47. The van der Waals surface area contributed by atoms with Crippen molar-refractivity contribution in [1.82, 2.24) is 0 Å². The predicted molar refractivity (Wildman–Crippen MR) is 33.9 cm³/mol. The number of hydrogen-bond donors (Lipinski definition) is 0. The van der Waals surface area contributed by atoms with Crippen molar-refractivity contribution < 1.29 is 9.05 Å². The molecule has 0 aliphatic carbocycles. The molecule has 1 aliphatic heterocycles. The summed E-state index contributed by atoms with van der Waals surface area (Å²) in [6.45, 7) is 2.75. The molecular weight excluding hydrogens is 146 g/mol. The maximum absolute atomic E-state index is 5.53. The van der Waals surface area contributed by atoms with Gasteiger partial charge in [-0.25, -0.2) is 0 Å². The van der Waals surface area contributed by atoms with E-state index in [1.54, 1.807) is 0 Å². The van der Waals surface area contributed by atoms with Gasteiger partial charge in [0.25, 0.3) is 7.73 Å². The van der Waals surface area contributed by atoms with Crippen molar-refractivity contribution in [2.75, 3.05) is 6.61 Å². The molecule has 0 amide bonds. The number of halogens is 1. The van der Waals surface area contributed by atoms with Crippen molar-refractivity contribution in [2.24, 2.45) is 0 Å². The lowest BCUT2D eigenvalue weighted by atomic mass is 10.3. The van der Waals surface area contributed by atoms with Crippen LogP contribution in [0.15, 0.2) is 0 Å². The molecule has 0 saturated carbocycles. The number of hydrogen-bond acceptors (Lipinski definition) is 2. The minimum Gasteiger partial charge on any atom is -0.322 e. The first-order valence-corrected chi connectivity index (χ1v) is 4.63. The summed E-state index contributed by atoms with van der Waals surface area (Å²) >= 11 is 5.53. The molecule has 1 aliphatic rings. The van der Waals surface area contributed by atoms with Crippen LogP contribution < -0.4 is 0 Å². The summed E-state index contributed by atoms with van der Waals surface area (Å²) in [6, 6.07) is 0. The molecule has 4 heteroatoms. The molecule has 1 rings (SSSR count). The van der Waals surface area contributed by atoms with E-state index < -0.39 is 7.73 Å². The smallest absolute Gasteiger partial charge is 0.277 e. The molecule has 0 radical (unpaired) electrons. The Bertz CT molecular complexity index is 72.4. The average Bonchev–Trinajstić information content (AvgIpc) is 1.64. The standard InChI is InChI=1S/C4H8ClO2P/c1-4-2-3-6-8(5)7-4/h4H,2-3H2,1H3/t4-,8?/m0/s1. The molecule has 0 bridgehead atoms. The Morgan fingerprint density at radius 3 is 2.88 bits per heavy atom. The van der Waals surface area contributed by atoms with Gasteiger partial charge >= 0.3 is 0 Å². The maximum Gasteiger partial charge on any atom is 0.277 e. The van der Waals surface area contributed by atoms with Crippen LogP contribution in [-0.2, 0) is 9.05 Å². The summed E-state index contributed by atoms with van der Waals surface area (Å²) < 4.78 is 10.1. The average molecular weight is 155 g/mol. The predicted octanol–water partition coefficient (Wildman–Crippen LogP) is 2.28. The van der Waals surface area contributed by atoms with Crippen LogP contribution in [0.1, 0.15) is 13.3 Å². The van der Waals surface area contributed by atoms with Crippen LogP contribution >= 0.6 is 19.0 Å². The van der Waals surface area contributed by atoms with E-state index >= 15 is 0 Å². The zero-order valence-electron chi connectivity index (χ0n) is 4.63. The van der Waals surface area contributed by atoms with Crippen molar-refractivity contribution >= 4 is 19.0 Å². The molecule has 0 spiro atoms. The quantitative estimate of drug-likeness (QED) is 0.499. The van der Waals surface area contributed by atoms with Crippen LogP contribution in [0.25, 0.3) is 0 Å². The molecule has 0 N–H and O–H groups in total. The van der Waals surface area contributed by atoms with Gasteiger partial charge in [-0.2, -0.15) is 0 Å². The summed E-state index contributed by atoms with van der Waals surface area (Å²) in [7, 11) is -1.06. The van der Waals surface area contributed by atoms with E-state index in [-0.39, 0.29) is 6.10 Å². The monoisotopic (exact) mass is 154 g/mol. The second-order valence-electron chi connectivity index (χ2n) is 1.75. The summed E-state index contributed by atoms with van der Waals surface area (Å²) in [5.74, 6) is 0.